The summed E-state index contributed by atoms with van der Waals surface area (Å²) < 4.78 is 14.3. The van der Waals surface area contributed by atoms with Gasteiger partial charge in [0.25, 0.3) is 0 Å². The van der Waals surface area contributed by atoms with Crippen molar-refractivity contribution in [3.63, 3.8) is 0 Å². The average Bonchev–Trinajstić information content (AvgIpc) is 3.40. The van der Waals surface area contributed by atoms with Crippen molar-refractivity contribution in [2.24, 2.45) is 5.92 Å². The number of benzene rings is 2. The van der Waals surface area contributed by atoms with Crippen LogP contribution in [0.4, 0.5) is 5.82 Å². The molecule has 0 radical (unpaired) electrons. The number of hydrogen-bond acceptors (Lipinski definition) is 6. The Morgan fingerprint density at radius 2 is 2.06 bits per heavy atom. The zero-order chi connectivity index (χ0) is 22.2. The van der Waals surface area contributed by atoms with Crippen LogP contribution >= 0.6 is 11.3 Å². The summed E-state index contributed by atoms with van der Waals surface area (Å²) in [4.78, 5) is 17.3. The minimum absolute atomic E-state index is 0.0514. The molecule has 4 aromatic rings. The number of nitrogens with zero attached hydrogens (tertiary/aromatic N) is 3. The number of anilines is 1. The Kier molecular flexibility index (Phi) is 5.30. The number of thiazole rings is 1. The van der Waals surface area contributed by atoms with E-state index in [1.54, 1.807) is 23.1 Å². The maximum atomic E-state index is 12.6. The highest BCUT2D eigenvalue weighted by molar-refractivity contribution is 7.20. The van der Waals surface area contributed by atoms with Crippen LogP contribution in [0.5, 0.6) is 11.5 Å². The molecule has 5 rings (SSSR count). The first-order valence-corrected chi connectivity index (χ1v) is 11.4. The van der Waals surface area contributed by atoms with Crippen molar-refractivity contribution in [1.29, 1.82) is 0 Å². The molecule has 32 heavy (non-hydrogen) atoms. The Hall–Kier alpha value is -3.39. The second-order valence-corrected chi connectivity index (χ2v) is 9.25. The number of carbonyl (C=O) groups is 1. The third kappa shape index (κ3) is 3.71. The molecular formula is C24H24N4O3S. The summed E-state index contributed by atoms with van der Waals surface area (Å²) >= 11 is 1.54. The molecule has 0 saturated carbocycles. The Bertz CT molecular complexity index is 1260. The van der Waals surface area contributed by atoms with Gasteiger partial charge in [0.05, 0.1) is 30.1 Å². The maximum Gasteiger partial charge on any atom is 0.226 e. The summed E-state index contributed by atoms with van der Waals surface area (Å²) in [6, 6.07) is 13.8. The van der Waals surface area contributed by atoms with Crippen molar-refractivity contribution in [3.8, 4) is 16.6 Å². The van der Waals surface area contributed by atoms with Crippen molar-refractivity contribution >= 4 is 33.3 Å². The number of aromatic nitrogens is 3. The molecule has 0 spiro atoms. The summed E-state index contributed by atoms with van der Waals surface area (Å²) in [6.07, 6.45) is 2.16. The number of carbonyl (C=O) groups excluding carboxylic acids is 1. The lowest BCUT2D eigenvalue weighted by Crippen LogP contribution is -2.24. The highest BCUT2D eigenvalue weighted by Gasteiger charge is 2.31. The molecule has 0 bridgehead atoms. The molecule has 2 aromatic heterocycles. The molecule has 0 fully saturated rings. The van der Waals surface area contributed by atoms with E-state index in [0.29, 0.717) is 36.3 Å². The molecular weight excluding hydrogens is 424 g/mol. The second-order valence-electron chi connectivity index (χ2n) is 8.24. The van der Waals surface area contributed by atoms with E-state index in [1.807, 2.05) is 48.7 Å². The molecule has 3 heterocycles. The van der Waals surface area contributed by atoms with E-state index in [-0.39, 0.29) is 11.8 Å². The number of amides is 1. The fourth-order valence-electron chi connectivity index (χ4n) is 3.89. The smallest absolute Gasteiger partial charge is 0.226 e. The molecule has 1 amide bonds. The molecule has 2 aromatic carbocycles. The summed E-state index contributed by atoms with van der Waals surface area (Å²) in [7, 11) is 1.63. The number of hydrogen-bond donors (Lipinski definition) is 1. The molecule has 0 aliphatic carbocycles. The normalized spacial score (nSPS) is 15.6. The minimum Gasteiger partial charge on any atom is -0.493 e. The third-order valence-corrected chi connectivity index (χ3v) is 6.46. The Morgan fingerprint density at radius 1 is 1.22 bits per heavy atom. The Morgan fingerprint density at radius 3 is 2.84 bits per heavy atom. The van der Waals surface area contributed by atoms with Gasteiger partial charge >= 0.3 is 0 Å². The highest BCUT2D eigenvalue weighted by atomic mass is 32.1. The summed E-state index contributed by atoms with van der Waals surface area (Å²) in [5.41, 5.74) is 2.86. The van der Waals surface area contributed by atoms with E-state index in [4.69, 9.17) is 14.5 Å². The van der Waals surface area contributed by atoms with Crippen molar-refractivity contribution in [2.75, 3.05) is 19.0 Å². The lowest BCUT2D eigenvalue weighted by atomic mass is 9.87. The maximum absolute atomic E-state index is 12.6. The molecule has 1 aliphatic heterocycles. The lowest BCUT2D eigenvalue weighted by Gasteiger charge is -2.24. The number of rotatable bonds is 6. The van der Waals surface area contributed by atoms with Crippen LogP contribution in [-0.2, 0) is 4.79 Å². The van der Waals surface area contributed by atoms with Crippen LogP contribution in [0.2, 0.25) is 0 Å². The zero-order valence-corrected chi connectivity index (χ0v) is 19.0. The average molecular weight is 449 g/mol. The van der Waals surface area contributed by atoms with Gasteiger partial charge in [0.15, 0.2) is 11.5 Å². The lowest BCUT2D eigenvalue weighted by molar-refractivity contribution is -0.116. The predicted molar refractivity (Wildman–Crippen MR) is 125 cm³/mol. The molecule has 7 nitrogen and oxygen atoms in total. The minimum atomic E-state index is -0.130. The van der Waals surface area contributed by atoms with Gasteiger partial charge in [-0.3, -0.25) is 4.79 Å². The van der Waals surface area contributed by atoms with Gasteiger partial charge in [-0.1, -0.05) is 43.4 Å². The molecule has 1 aliphatic rings. The van der Waals surface area contributed by atoms with E-state index >= 15 is 0 Å². The van der Waals surface area contributed by atoms with Gasteiger partial charge in [-0.2, -0.15) is 9.78 Å². The van der Waals surface area contributed by atoms with Gasteiger partial charge in [0.2, 0.25) is 11.0 Å². The zero-order valence-electron chi connectivity index (χ0n) is 18.2. The van der Waals surface area contributed by atoms with E-state index in [9.17, 15) is 4.79 Å². The van der Waals surface area contributed by atoms with E-state index < -0.39 is 0 Å². The van der Waals surface area contributed by atoms with E-state index in [1.165, 1.54) is 0 Å². The number of nitrogens with one attached hydrogen (secondary N) is 1. The molecule has 164 valence electrons. The fourth-order valence-corrected chi connectivity index (χ4v) is 4.82. The van der Waals surface area contributed by atoms with Crippen LogP contribution in [0.15, 0.2) is 48.7 Å². The second kappa shape index (κ2) is 8.27. The van der Waals surface area contributed by atoms with Crippen LogP contribution in [0.1, 0.15) is 37.3 Å². The van der Waals surface area contributed by atoms with Crippen molar-refractivity contribution in [1.82, 2.24) is 14.8 Å². The van der Waals surface area contributed by atoms with Crippen LogP contribution in [0.25, 0.3) is 15.3 Å². The van der Waals surface area contributed by atoms with Gasteiger partial charge in [-0.25, -0.2) is 4.98 Å². The van der Waals surface area contributed by atoms with E-state index in [2.05, 4.69) is 24.3 Å². The number of fused-ring (bicyclic) bond motifs is 2. The van der Waals surface area contributed by atoms with Gasteiger partial charge in [0.1, 0.15) is 5.82 Å². The third-order valence-electron chi connectivity index (χ3n) is 5.45. The standard InChI is InChI=1S/C24H24N4O3S/c1-14(2)13-31-19-9-8-15(10-20(19)30-3)16-11-22(29)27-23-17(16)12-25-28(23)24-26-18-6-4-5-7-21(18)32-24/h4-10,12,14,16H,11,13H2,1-3H3,(H,27,29). The monoisotopic (exact) mass is 448 g/mol. The number of methoxy groups -OCH3 is 1. The van der Waals surface area contributed by atoms with Gasteiger partial charge < -0.3 is 14.8 Å². The van der Waals surface area contributed by atoms with Crippen molar-refractivity contribution in [3.05, 3.63) is 59.8 Å². The predicted octanol–water partition coefficient (Wildman–Crippen LogP) is 5.00. The van der Waals surface area contributed by atoms with E-state index in [0.717, 1.165) is 26.5 Å². The fraction of sp³-hybridized carbons (Fsp3) is 0.292. The quantitative estimate of drug-likeness (QED) is 0.449. The van der Waals surface area contributed by atoms with Gasteiger partial charge in [0, 0.05) is 17.9 Å². The Labute approximate surface area is 190 Å². The molecule has 1 N–H and O–H groups in total. The first-order chi connectivity index (χ1) is 15.5. The van der Waals surface area contributed by atoms with Crippen molar-refractivity contribution < 1.29 is 14.3 Å². The summed E-state index contributed by atoms with van der Waals surface area (Å²) in [5, 5.41) is 8.30. The largest absolute Gasteiger partial charge is 0.493 e. The summed E-state index contributed by atoms with van der Waals surface area (Å²) in [6.45, 7) is 4.82. The highest BCUT2D eigenvalue weighted by Crippen LogP contribution is 2.41. The van der Waals surface area contributed by atoms with Crippen LogP contribution in [-0.4, -0.2) is 34.4 Å². The SMILES string of the molecule is COc1cc(C2CC(=O)Nc3c2cnn3-c2nc3ccccc3s2)ccc1OCC(C)C. The first-order valence-electron chi connectivity index (χ1n) is 10.6. The molecule has 1 unspecified atom stereocenters. The van der Waals surface area contributed by atoms with Crippen LogP contribution in [0.3, 0.4) is 0 Å². The topological polar surface area (TPSA) is 78.3 Å². The first kappa shape index (κ1) is 20.5. The van der Waals surface area contributed by atoms with Gasteiger partial charge in [-0.05, 0) is 35.7 Å². The number of para-hydroxylation sites is 1. The molecule has 0 saturated heterocycles. The summed E-state index contributed by atoms with van der Waals surface area (Å²) in [5.74, 6) is 2.27. The Balaban J connectivity index is 1.52. The molecule has 1 atom stereocenters. The van der Waals surface area contributed by atoms with Gasteiger partial charge in [-0.15, -0.1) is 0 Å². The van der Waals surface area contributed by atoms with Crippen LogP contribution < -0.4 is 14.8 Å². The van der Waals surface area contributed by atoms with Crippen LogP contribution in [0, 0.1) is 5.92 Å². The van der Waals surface area contributed by atoms with Crippen molar-refractivity contribution in [2.45, 2.75) is 26.2 Å². The number of ether oxygens (including phenoxy) is 2. The molecule has 8 heteroatoms.